The van der Waals surface area contributed by atoms with Gasteiger partial charge in [-0.05, 0) is 18.1 Å². The molecular formula is C22H22N6O2. The van der Waals surface area contributed by atoms with E-state index in [0.717, 1.165) is 16.7 Å². The molecule has 1 amide bonds. The van der Waals surface area contributed by atoms with E-state index >= 15 is 0 Å². The summed E-state index contributed by atoms with van der Waals surface area (Å²) in [4.78, 5) is 20.5. The lowest BCUT2D eigenvalue weighted by molar-refractivity contribution is -0.121. The fourth-order valence-corrected chi connectivity index (χ4v) is 2.95. The SMILES string of the molecule is Cc1ccc(-c2noc(CCC(=O)NCc3ccc(Cn4cncn4)cc3)n2)cc1. The van der Waals surface area contributed by atoms with Crippen LogP contribution in [0.2, 0.25) is 0 Å². The van der Waals surface area contributed by atoms with Crippen molar-refractivity contribution in [2.24, 2.45) is 0 Å². The molecule has 0 aliphatic carbocycles. The summed E-state index contributed by atoms with van der Waals surface area (Å²) < 4.78 is 7.03. The Balaban J connectivity index is 1.23. The lowest BCUT2D eigenvalue weighted by atomic mass is 10.1. The third-order valence-corrected chi connectivity index (χ3v) is 4.67. The minimum Gasteiger partial charge on any atom is -0.352 e. The zero-order valence-corrected chi connectivity index (χ0v) is 16.7. The quantitative estimate of drug-likeness (QED) is 0.487. The topological polar surface area (TPSA) is 98.7 Å². The highest BCUT2D eigenvalue weighted by Gasteiger charge is 2.10. The van der Waals surface area contributed by atoms with Gasteiger partial charge in [0.15, 0.2) is 0 Å². The first-order valence-electron chi connectivity index (χ1n) is 9.72. The van der Waals surface area contributed by atoms with E-state index < -0.39 is 0 Å². The number of nitrogens with one attached hydrogen (secondary N) is 1. The van der Waals surface area contributed by atoms with Crippen LogP contribution in [0.1, 0.15) is 29.0 Å². The second kappa shape index (κ2) is 9.13. The molecule has 0 unspecified atom stereocenters. The molecular weight excluding hydrogens is 380 g/mol. The number of aryl methyl sites for hydroxylation is 2. The number of benzene rings is 2. The van der Waals surface area contributed by atoms with E-state index in [9.17, 15) is 4.79 Å². The van der Waals surface area contributed by atoms with Crippen LogP contribution < -0.4 is 5.32 Å². The van der Waals surface area contributed by atoms with Crippen molar-refractivity contribution in [3.05, 3.63) is 83.8 Å². The monoisotopic (exact) mass is 402 g/mol. The Kier molecular flexibility index (Phi) is 5.93. The first-order valence-corrected chi connectivity index (χ1v) is 9.72. The lowest BCUT2D eigenvalue weighted by Gasteiger charge is -2.06. The van der Waals surface area contributed by atoms with Gasteiger partial charge in [-0.25, -0.2) is 9.67 Å². The van der Waals surface area contributed by atoms with E-state index in [0.29, 0.717) is 37.6 Å². The fourth-order valence-electron chi connectivity index (χ4n) is 2.95. The van der Waals surface area contributed by atoms with E-state index in [1.54, 1.807) is 11.0 Å². The zero-order valence-electron chi connectivity index (χ0n) is 16.7. The van der Waals surface area contributed by atoms with Gasteiger partial charge in [-0.1, -0.05) is 59.3 Å². The molecule has 0 bridgehead atoms. The summed E-state index contributed by atoms with van der Waals surface area (Å²) in [6, 6.07) is 15.9. The Bertz CT molecular complexity index is 1090. The number of hydrogen-bond acceptors (Lipinski definition) is 6. The highest BCUT2D eigenvalue weighted by atomic mass is 16.5. The zero-order chi connectivity index (χ0) is 20.8. The summed E-state index contributed by atoms with van der Waals surface area (Å²) in [5.41, 5.74) is 4.22. The molecule has 0 atom stereocenters. The molecule has 0 fully saturated rings. The second-order valence-corrected chi connectivity index (χ2v) is 7.06. The Morgan fingerprint density at radius 2 is 1.83 bits per heavy atom. The molecule has 2 heterocycles. The van der Waals surface area contributed by atoms with Gasteiger partial charge >= 0.3 is 0 Å². The average molecular weight is 402 g/mol. The highest BCUT2D eigenvalue weighted by Crippen LogP contribution is 2.16. The molecule has 0 spiro atoms. The van der Waals surface area contributed by atoms with Gasteiger partial charge in [0.25, 0.3) is 0 Å². The smallest absolute Gasteiger partial charge is 0.227 e. The Morgan fingerprint density at radius 1 is 1.07 bits per heavy atom. The maximum absolute atomic E-state index is 12.2. The molecule has 4 rings (SSSR count). The van der Waals surface area contributed by atoms with Gasteiger partial charge < -0.3 is 9.84 Å². The molecule has 0 radical (unpaired) electrons. The third kappa shape index (κ3) is 5.16. The molecule has 8 heteroatoms. The minimum atomic E-state index is -0.0585. The van der Waals surface area contributed by atoms with E-state index in [2.05, 4.69) is 25.5 Å². The number of amides is 1. The standard InChI is InChI=1S/C22H22N6O2/c1-16-2-8-19(9-3-16)22-26-21(30-27-22)11-10-20(29)24-12-17-4-6-18(7-5-17)13-28-15-23-14-25-28/h2-9,14-15H,10-13H2,1H3,(H,24,29). The van der Waals surface area contributed by atoms with Gasteiger partial charge in [-0.3, -0.25) is 4.79 Å². The molecule has 30 heavy (non-hydrogen) atoms. The van der Waals surface area contributed by atoms with Crippen molar-refractivity contribution in [1.29, 1.82) is 0 Å². The normalized spacial score (nSPS) is 10.8. The van der Waals surface area contributed by atoms with Crippen LogP contribution >= 0.6 is 0 Å². The number of carbonyl (C=O) groups is 1. The summed E-state index contributed by atoms with van der Waals surface area (Å²) in [7, 11) is 0. The van der Waals surface area contributed by atoms with Crippen LogP contribution in [0.5, 0.6) is 0 Å². The summed E-state index contributed by atoms with van der Waals surface area (Å²) in [6.07, 6.45) is 3.89. The highest BCUT2D eigenvalue weighted by molar-refractivity contribution is 5.76. The van der Waals surface area contributed by atoms with Crippen molar-refractivity contribution < 1.29 is 9.32 Å². The van der Waals surface area contributed by atoms with Crippen LogP contribution in [0.15, 0.2) is 65.7 Å². The van der Waals surface area contributed by atoms with Gasteiger partial charge in [-0.2, -0.15) is 10.1 Å². The molecule has 4 aromatic rings. The van der Waals surface area contributed by atoms with Gasteiger partial charge in [0.05, 0.1) is 6.54 Å². The van der Waals surface area contributed by atoms with Crippen molar-refractivity contribution in [3.8, 4) is 11.4 Å². The van der Waals surface area contributed by atoms with Crippen LogP contribution in [-0.2, 0) is 24.3 Å². The maximum atomic E-state index is 12.2. The van der Waals surface area contributed by atoms with Crippen molar-refractivity contribution in [2.45, 2.75) is 32.9 Å². The molecule has 0 saturated heterocycles. The van der Waals surface area contributed by atoms with Gasteiger partial charge in [0, 0.05) is 24.9 Å². The van der Waals surface area contributed by atoms with Crippen molar-refractivity contribution in [2.75, 3.05) is 0 Å². The van der Waals surface area contributed by atoms with E-state index in [-0.39, 0.29) is 5.91 Å². The van der Waals surface area contributed by atoms with Crippen molar-refractivity contribution in [3.63, 3.8) is 0 Å². The Hall–Kier alpha value is -3.81. The minimum absolute atomic E-state index is 0.0585. The Labute approximate surface area is 174 Å². The van der Waals surface area contributed by atoms with E-state index in [1.807, 2.05) is 55.5 Å². The number of hydrogen-bond donors (Lipinski definition) is 1. The average Bonchev–Trinajstić information content (AvgIpc) is 3.44. The first kappa shape index (κ1) is 19.5. The van der Waals surface area contributed by atoms with Gasteiger partial charge in [0.2, 0.25) is 17.6 Å². The molecule has 2 aromatic carbocycles. The lowest BCUT2D eigenvalue weighted by Crippen LogP contribution is -2.23. The molecule has 0 aliphatic rings. The summed E-state index contributed by atoms with van der Waals surface area (Å²) in [5, 5.41) is 11.0. The maximum Gasteiger partial charge on any atom is 0.227 e. The number of aromatic nitrogens is 5. The van der Waals surface area contributed by atoms with Crippen LogP contribution in [-0.4, -0.2) is 30.8 Å². The largest absolute Gasteiger partial charge is 0.352 e. The first-order chi connectivity index (χ1) is 14.7. The van der Waals surface area contributed by atoms with Gasteiger partial charge in [-0.15, -0.1) is 0 Å². The predicted molar refractivity (Wildman–Crippen MR) is 110 cm³/mol. The molecule has 0 aliphatic heterocycles. The van der Waals surface area contributed by atoms with Crippen LogP contribution in [0, 0.1) is 6.92 Å². The second-order valence-electron chi connectivity index (χ2n) is 7.06. The van der Waals surface area contributed by atoms with Gasteiger partial charge in [0.1, 0.15) is 12.7 Å². The summed E-state index contributed by atoms with van der Waals surface area (Å²) >= 11 is 0. The van der Waals surface area contributed by atoms with Crippen molar-refractivity contribution >= 4 is 5.91 Å². The molecule has 1 N–H and O–H groups in total. The molecule has 0 saturated carbocycles. The number of nitrogens with zero attached hydrogens (tertiary/aromatic N) is 5. The Morgan fingerprint density at radius 3 is 2.57 bits per heavy atom. The van der Waals surface area contributed by atoms with E-state index in [1.165, 1.54) is 11.9 Å². The third-order valence-electron chi connectivity index (χ3n) is 4.67. The number of carbonyl (C=O) groups excluding carboxylic acids is 1. The molecule has 8 nitrogen and oxygen atoms in total. The number of rotatable bonds is 8. The molecule has 2 aromatic heterocycles. The molecule has 152 valence electrons. The predicted octanol–water partition coefficient (Wildman–Crippen LogP) is 2.93. The van der Waals surface area contributed by atoms with Crippen LogP contribution in [0.25, 0.3) is 11.4 Å². The summed E-state index contributed by atoms with van der Waals surface area (Å²) in [5.74, 6) is 0.936. The summed E-state index contributed by atoms with van der Waals surface area (Å²) in [6.45, 7) is 3.17. The fraction of sp³-hybridized carbons (Fsp3) is 0.227. The van der Waals surface area contributed by atoms with Crippen molar-refractivity contribution in [1.82, 2.24) is 30.2 Å². The van der Waals surface area contributed by atoms with E-state index in [4.69, 9.17) is 4.52 Å². The van der Waals surface area contributed by atoms with Crippen LogP contribution in [0.4, 0.5) is 0 Å². The van der Waals surface area contributed by atoms with Crippen LogP contribution in [0.3, 0.4) is 0 Å².